The highest BCUT2D eigenvalue weighted by molar-refractivity contribution is 5.63. The Morgan fingerprint density at radius 3 is 2.43 bits per heavy atom. The van der Waals surface area contributed by atoms with E-state index in [4.69, 9.17) is 4.74 Å². The number of nitro benzene ring substituents is 1. The largest absolute Gasteiger partial charge is 0.484 e. The Kier molecular flexibility index (Phi) is 6.03. The fourth-order valence-corrected chi connectivity index (χ4v) is 3.19. The van der Waals surface area contributed by atoms with E-state index in [1.165, 1.54) is 12.1 Å². The molecule has 9 heteroatoms. The van der Waals surface area contributed by atoms with Crippen LogP contribution in [0, 0.1) is 10.1 Å². The van der Waals surface area contributed by atoms with Crippen molar-refractivity contribution in [2.24, 2.45) is 0 Å². The van der Waals surface area contributed by atoms with Crippen LogP contribution in [-0.4, -0.2) is 48.8 Å². The Labute approximate surface area is 160 Å². The Morgan fingerprint density at radius 1 is 1.04 bits per heavy atom. The van der Waals surface area contributed by atoms with Crippen molar-refractivity contribution in [3.63, 3.8) is 0 Å². The Hall–Kier alpha value is -2.81. The number of nitro groups is 1. The average molecular weight is 395 g/mol. The molecule has 0 amide bonds. The van der Waals surface area contributed by atoms with Gasteiger partial charge in [-0.25, -0.2) is 0 Å². The fraction of sp³-hybridized carbons (Fsp3) is 0.368. The summed E-state index contributed by atoms with van der Waals surface area (Å²) >= 11 is 0. The number of ether oxygens (including phenoxy) is 1. The van der Waals surface area contributed by atoms with Crippen molar-refractivity contribution in [2.75, 3.05) is 37.7 Å². The third kappa shape index (κ3) is 5.35. The first-order valence-electron chi connectivity index (χ1n) is 8.81. The number of halogens is 3. The summed E-state index contributed by atoms with van der Waals surface area (Å²) < 4.78 is 41.7. The van der Waals surface area contributed by atoms with Crippen molar-refractivity contribution in [2.45, 2.75) is 12.7 Å². The third-order valence-electron chi connectivity index (χ3n) is 4.50. The van der Waals surface area contributed by atoms with Gasteiger partial charge in [0.25, 0.3) is 5.69 Å². The summed E-state index contributed by atoms with van der Waals surface area (Å²) in [5.41, 5.74) is 1.55. The van der Waals surface area contributed by atoms with Crippen LogP contribution in [0.4, 0.5) is 24.5 Å². The molecule has 1 aliphatic rings. The smallest absolute Gasteiger partial charge is 0.422 e. The van der Waals surface area contributed by atoms with Gasteiger partial charge in [-0.3, -0.25) is 15.0 Å². The van der Waals surface area contributed by atoms with Gasteiger partial charge in [0.1, 0.15) is 11.4 Å². The van der Waals surface area contributed by atoms with Gasteiger partial charge in [-0.05, 0) is 23.8 Å². The van der Waals surface area contributed by atoms with Crippen LogP contribution >= 0.6 is 0 Å². The first kappa shape index (κ1) is 19.9. The molecule has 0 aromatic heterocycles. The van der Waals surface area contributed by atoms with Crippen LogP contribution in [-0.2, 0) is 6.54 Å². The lowest BCUT2D eigenvalue weighted by Gasteiger charge is -2.35. The van der Waals surface area contributed by atoms with Gasteiger partial charge in [0.15, 0.2) is 6.61 Å². The van der Waals surface area contributed by atoms with Gasteiger partial charge in [0, 0.05) is 38.8 Å². The molecule has 1 aliphatic heterocycles. The Bertz CT molecular complexity index is 821. The summed E-state index contributed by atoms with van der Waals surface area (Å²) in [4.78, 5) is 15.0. The summed E-state index contributed by atoms with van der Waals surface area (Å²) in [6, 6.07) is 13.3. The van der Waals surface area contributed by atoms with Gasteiger partial charge < -0.3 is 9.64 Å². The van der Waals surface area contributed by atoms with Gasteiger partial charge >= 0.3 is 6.18 Å². The maximum absolute atomic E-state index is 12.3. The average Bonchev–Trinajstić information content (AvgIpc) is 2.67. The van der Waals surface area contributed by atoms with Crippen molar-refractivity contribution in [1.29, 1.82) is 0 Å². The molecule has 150 valence electrons. The predicted octanol–water partition coefficient (Wildman–Crippen LogP) is 3.86. The molecular weight excluding hydrogens is 375 g/mol. The minimum atomic E-state index is -4.37. The highest BCUT2D eigenvalue weighted by Gasteiger charge is 2.28. The maximum Gasteiger partial charge on any atom is 0.422 e. The van der Waals surface area contributed by atoms with Crippen molar-refractivity contribution in [3.8, 4) is 5.75 Å². The molecule has 28 heavy (non-hydrogen) atoms. The lowest BCUT2D eigenvalue weighted by atomic mass is 10.1. The van der Waals surface area contributed by atoms with Gasteiger partial charge in [0.05, 0.1) is 4.92 Å². The van der Waals surface area contributed by atoms with Gasteiger partial charge in [-0.2, -0.15) is 13.2 Å². The van der Waals surface area contributed by atoms with E-state index in [1.54, 1.807) is 30.3 Å². The normalized spacial score (nSPS) is 15.5. The van der Waals surface area contributed by atoms with Gasteiger partial charge in [0.2, 0.25) is 0 Å². The van der Waals surface area contributed by atoms with E-state index in [-0.39, 0.29) is 16.4 Å². The van der Waals surface area contributed by atoms with Crippen molar-refractivity contribution < 1.29 is 22.8 Å². The minimum Gasteiger partial charge on any atom is -0.484 e. The van der Waals surface area contributed by atoms with E-state index >= 15 is 0 Å². The van der Waals surface area contributed by atoms with Gasteiger partial charge in [-0.1, -0.05) is 24.3 Å². The zero-order valence-corrected chi connectivity index (χ0v) is 15.1. The molecule has 0 bridgehead atoms. The van der Waals surface area contributed by atoms with E-state index in [0.29, 0.717) is 38.4 Å². The summed E-state index contributed by atoms with van der Waals surface area (Å²) in [6.45, 7) is 1.92. The van der Waals surface area contributed by atoms with Crippen LogP contribution < -0.4 is 9.64 Å². The molecule has 0 unspecified atom stereocenters. The standard InChI is InChI=1S/C19H20F3N3O3/c20-19(21,22)14-28-16-5-3-4-15(12-16)13-23-8-10-24(11-9-23)17-6-1-2-7-18(17)25(26)27/h1-7,12H,8-11,13-14H2. The predicted molar refractivity (Wildman–Crippen MR) is 98.6 cm³/mol. The number of benzene rings is 2. The zero-order valence-electron chi connectivity index (χ0n) is 15.1. The first-order valence-corrected chi connectivity index (χ1v) is 8.81. The topological polar surface area (TPSA) is 58.9 Å². The van der Waals surface area contributed by atoms with E-state index in [2.05, 4.69) is 4.90 Å². The van der Waals surface area contributed by atoms with Crippen LogP contribution in [0.5, 0.6) is 5.75 Å². The number of alkyl halides is 3. The number of hydrogen-bond donors (Lipinski definition) is 0. The summed E-state index contributed by atoms with van der Waals surface area (Å²) in [5.74, 6) is 0.188. The number of para-hydroxylation sites is 2. The molecule has 0 radical (unpaired) electrons. The Balaban J connectivity index is 1.57. The molecule has 0 atom stereocenters. The third-order valence-corrected chi connectivity index (χ3v) is 4.50. The quantitative estimate of drug-likeness (QED) is 0.549. The number of piperazine rings is 1. The molecular formula is C19H20F3N3O3. The second kappa shape index (κ2) is 8.47. The highest BCUT2D eigenvalue weighted by Crippen LogP contribution is 2.28. The SMILES string of the molecule is O=[N+]([O-])c1ccccc1N1CCN(Cc2cccc(OCC(F)(F)F)c2)CC1. The van der Waals surface area contributed by atoms with Crippen LogP contribution in [0.15, 0.2) is 48.5 Å². The molecule has 0 aliphatic carbocycles. The van der Waals surface area contributed by atoms with E-state index < -0.39 is 12.8 Å². The molecule has 0 saturated carbocycles. The lowest BCUT2D eigenvalue weighted by Crippen LogP contribution is -2.46. The number of anilines is 1. The number of hydrogen-bond acceptors (Lipinski definition) is 5. The van der Waals surface area contributed by atoms with Gasteiger partial charge in [-0.15, -0.1) is 0 Å². The molecule has 1 fully saturated rings. The van der Waals surface area contributed by atoms with Crippen LogP contribution in [0.25, 0.3) is 0 Å². The molecule has 3 rings (SSSR count). The van der Waals surface area contributed by atoms with Crippen molar-refractivity contribution in [3.05, 3.63) is 64.2 Å². The molecule has 1 heterocycles. The van der Waals surface area contributed by atoms with Crippen LogP contribution in [0.2, 0.25) is 0 Å². The van der Waals surface area contributed by atoms with E-state index in [0.717, 1.165) is 5.56 Å². The minimum absolute atomic E-state index is 0.0884. The molecule has 2 aromatic carbocycles. The van der Waals surface area contributed by atoms with Crippen LogP contribution in [0.3, 0.4) is 0 Å². The van der Waals surface area contributed by atoms with Crippen molar-refractivity contribution in [1.82, 2.24) is 4.90 Å². The Morgan fingerprint density at radius 2 is 1.75 bits per heavy atom. The lowest BCUT2D eigenvalue weighted by molar-refractivity contribution is -0.384. The summed E-state index contributed by atoms with van der Waals surface area (Å²) in [6.07, 6.45) is -4.37. The molecule has 2 aromatic rings. The number of nitrogens with zero attached hydrogens (tertiary/aromatic N) is 3. The zero-order chi connectivity index (χ0) is 20.1. The summed E-state index contributed by atoms with van der Waals surface area (Å²) in [7, 11) is 0. The first-order chi connectivity index (χ1) is 13.3. The second-order valence-electron chi connectivity index (χ2n) is 6.56. The highest BCUT2D eigenvalue weighted by atomic mass is 19.4. The van der Waals surface area contributed by atoms with E-state index in [9.17, 15) is 23.3 Å². The van der Waals surface area contributed by atoms with Crippen LogP contribution in [0.1, 0.15) is 5.56 Å². The molecule has 1 saturated heterocycles. The maximum atomic E-state index is 12.3. The molecule has 0 spiro atoms. The molecule has 6 nitrogen and oxygen atoms in total. The van der Waals surface area contributed by atoms with Crippen molar-refractivity contribution >= 4 is 11.4 Å². The summed E-state index contributed by atoms with van der Waals surface area (Å²) in [5, 5.41) is 11.2. The second-order valence-corrected chi connectivity index (χ2v) is 6.56. The number of rotatable bonds is 6. The monoisotopic (exact) mass is 395 g/mol. The van der Waals surface area contributed by atoms with E-state index in [1.807, 2.05) is 11.0 Å². The molecule has 0 N–H and O–H groups in total. The fourth-order valence-electron chi connectivity index (χ4n) is 3.19.